The number of amides is 4. The molecule has 3 fully saturated rings. The highest BCUT2D eigenvalue weighted by Crippen LogP contribution is 2.17. The molecular formula is C22H39N5O3. The van der Waals surface area contributed by atoms with Crippen molar-refractivity contribution in [2.75, 3.05) is 45.8 Å². The predicted octanol–water partition coefficient (Wildman–Crippen LogP) is 1.55. The fourth-order valence-corrected chi connectivity index (χ4v) is 4.77. The Morgan fingerprint density at radius 1 is 0.833 bits per heavy atom. The molecule has 2 aliphatic heterocycles. The minimum atomic E-state index is -0.375. The lowest BCUT2D eigenvalue weighted by atomic mass is 9.96. The summed E-state index contributed by atoms with van der Waals surface area (Å²) in [4.78, 5) is 43.5. The van der Waals surface area contributed by atoms with E-state index in [4.69, 9.17) is 0 Å². The Balaban J connectivity index is 1.36. The van der Waals surface area contributed by atoms with Crippen LogP contribution in [0.1, 0.15) is 64.7 Å². The first kappa shape index (κ1) is 23.0. The fraction of sp³-hybridized carbons (Fsp3) is 0.864. The van der Waals surface area contributed by atoms with E-state index in [1.54, 1.807) is 0 Å². The van der Waals surface area contributed by atoms with Crippen molar-refractivity contribution in [1.82, 2.24) is 25.3 Å². The van der Waals surface area contributed by atoms with E-state index in [9.17, 15) is 14.4 Å². The van der Waals surface area contributed by atoms with Gasteiger partial charge >= 0.3 is 6.03 Å². The largest absolute Gasteiger partial charge is 0.342 e. The van der Waals surface area contributed by atoms with Gasteiger partial charge in [-0.15, -0.1) is 0 Å². The van der Waals surface area contributed by atoms with Crippen LogP contribution in [0, 0.1) is 0 Å². The maximum Gasteiger partial charge on any atom is 0.321 e. The van der Waals surface area contributed by atoms with Gasteiger partial charge in [0, 0.05) is 45.3 Å². The molecule has 2 saturated heterocycles. The van der Waals surface area contributed by atoms with Crippen molar-refractivity contribution in [3.8, 4) is 0 Å². The van der Waals surface area contributed by atoms with Gasteiger partial charge in [-0.25, -0.2) is 4.79 Å². The first-order valence-corrected chi connectivity index (χ1v) is 11.9. The SMILES string of the molecule is C[C@H](C(=O)NC(=O)NC1CCCCC1)N1CCN(CC(=O)N2CCCCCC2)CC1. The van der Waals surface area contributed by atoms with Crippen molar-refractivity contribution < 1.29 is 14.4 Å². The van der Waals surface area contributed by atoms with Crippen molar-refractivity contribution in [2.45, 2.75) is 76.8 Å². The Labute approximate surface area is 180 Å². The zero-order valence-electron chi connectivity index (χ0n) is 18.5. The topological polar surface area (TPSA) is 85.0 Å². The van der Waals surface area contributed by atoms with Crippen molar-refractivity contribution in [2.24, 2.45) is 0 Å². The molecular weight excluding hydrogens is 382 g/mol. The molecule has 3 rings (SSSR count). The summed E-state index contributed by atoms with van der Waals surface area (Å²) in [6, 6.07) is -0.543. The lowest BCUT2D eigenvalue weighted by Crippen LogP contribution is -2.57. The van der Waals surface area contributed by atoms with Crippen LogP contribution in [0.25, 0.3) is 0 Å². The molecule has 1 aliphatic carbocycles. The quantitative estimate of drug-likeness (QED) is 0.704. The molecule has 0 aromatic rings. The minimum absolute atomic E-state index is 0.187. The number of hydrogen-bond acceptors (Lipinski definition) is 5. The number of hydrogen-bond donors (Lipinski definition) is 2. The molecule has 0 aromatic heterocycles. The van der Waals surface area contributed by atoms with Gasteiger partial charge < -0.3 is 10.2 Å². The number of piperazine rings is 1. The fourth-order valence-electron chi connectivity index (χ4n) is 4.77. The van der Waals surface area contributed by atoms with E-state index in [0.29, 0.717) is 6.54 Å². The molecule has 0 aromatic carbocycles. The van der Waals surface area contributed by atoms with Crippen LogP contribution in [0.15, 0.2) is 0 Å². The Bertz CT molecular complexity index is 577. The average molecular weight is 422 g/mol. The maximum atomic E-state index is 12.6. The first-order chi connectivity index (χ1) is 14.5. The normalized spacial score (nSPS) is 23.4. The highest BCUT2D eigenvalue weighted by Gasteiger charge is 2.28. The zero-order chi connectivity index (χ0) is 21.3. The van der Waals surface area contributed by atoms with Crippen molar-refractivity contribution in [3.05, 3.63) is 0 Å². The van der Waals surface area contributed by atoms with Gasteiger partial charge in [-0.1, -0.05) is 32.1 Å². The van der Waals surface area contributed by atoms with Crippen LogP contribution in [0.3, 0.4) is 0 Å². The van der Waals surface area contributed by atoms with E-state index in [-0.39, 0.29) is 29.9 Å². The van der Waals surface area contributed by atoms with Gasteiger partial charge in [0.1, 0.15) is 0 Å². The van der Waals surface area contributed by atoms with E-state index in [1.165, 1.54) is 19.3 Å². The third-order valence-corrected chi connectivity index (χ3v) is 6.83. The van der Waals surface area contributed by atoms with Crippen molar-refractivity contribution in [3.63, 3.8) is 0 Å². The number of carbonyl (C=O) groups excluding carboxylic acids is 3. The van der Waals surface area contributed by atoms with Gasteiger partial charge in [-0.3, -0.25) is 24.7 Å². The standard InChI is InChI=1S/C22H39N5O3/c1-18(21(29)24-22(30)23-19-9-5-4-6-10-19)26-15-13-25(14-16-26)17-20(28)27-11-7-2-3-8-12-27/h18-19H,2-17H2,1H3,(H2,23,24,29,30)/t18-/m1/s1. The van der Waals surface area contributed by atoms with E-state index in [0.717, 1.165) is 77.8 Å². The molecule has 8 nitrogen and oxygen atoms in total. The van der Waals surface area contributed by atoms with Crippen molar-refractivity contribution >= 4 is 17.8 Å². The van der Waals surface area contributed by atoms with Gasteiger partial charge in [0.05, 0.1) is 12.6 Å². The maximum absolute atomic E-state index is 12.6. The summed E-state index contributed by atoms with van der Waals surface area (Å²) in [5.74, 6) is -0.0204. The van der Waals surface area contributed by atoms with Crippen LogP contribution in [0.5, 0.6) is 0 Å². The molecule has 1 saturated carbocycles. The lowest BCUT2D eigenvalue weighted by Gasteiger charge is -2.37. The summed E-state index contributed by atoms with van der Waals surface area (Å²) in [5, 5.41) is 5.44. The summed E-state index contributed by atoms with van der Waals surface area (Å²) in [5.41, 5.74) is 0. The van der Waals surface area contributed by atoms with Crippen LogP contribution in [-0.4, -0.2) is 90.4 Å². The van der Waals surface area contributed by atoms with Gasteiger partial charge in [0.25, 0.3) is 0 Å². The molecule has 8 heteroatoms. The van der Waals surface area contributed by atoms with Gasteiger partial charge in [0.15, 0.2) is 0 Å². The third kappa shape index (κ3) is 6.94. The molecule has 0 unspecified atom stereocenters. The second-order valence-corrected chi connectivity index (χ2v) is 9.08. The number of urea groups is 1. The molecule has 2 heterocycles. The molecule has 0 bridgehead atoms. The molecule has 0 spiro atoms. The number of nitrogens with zero attached hydrogens (tertiary/aromatic N) is 3. The van der Waals surface area contributed by atoms with E-state index >= 15 is 0 Å². The Hall–Kier alpha value is -1.67. The van der Waals surface area contributed by atoms with Gasteiger partial charge in [-0.2, -0.15) is 0 Å². The summed E-state index contributed by atoms with van der Waals surface area (Å²) in [6.45, 7) is 7.09. The summed E-state index contributed by atoms with van der Waals surface area (Å²) in [7, 11) is 0. The molecule has 30 heavy (non-hydrogen) atoms. The Morgan fingerprint density at radius 2 is 1.43 bits per heavy atom. The number of rotatable bonds is 5. The van der Waals surface area contributed by atoms with Crippen LogP contribution >= 0.6 is 0 Å². The molecule has 2 N–H and O–H groups in total. The summed E-state index contributed by atoms with van der Waals surface area (Å²) < 4.78 is 0. The number of carbonyl (C=O) groups is 3. The third-order valence-electron chi connectivity index (χ3n) is 6.83. The minimum Gasteiger partial charge on any atom is -0.342 e. The summed E-state index contributed by atoms with van der Waals surface area (Å²) in [6.07, 6.45) is 10.2. The second-order valence-electron chi connectivity index (χ2n) is 9.08. The first-order valence-electron chi connectivity index (χ1n) is 11.9. The van der Waals surface area contributed by atoms with E-state index in [2.05, 4.69) is 20.4 Å². The highest BCUT2D eigenvalue weighted by atomic mass is 16.2. The monoisotopic (exact) mass is 421 g/mol. The number of nitrogens with one attached hydrogen (secondary N) is 2. The molecule has 1 atom stereocenters. The second kappa shape index (κ2) is 11.6. The van der Waals surface area contributed by atoms with Crippen LogP contribution in [0.2, 0.25) is 0 Å². The summed E-state index contributed by atoms with van der Waals surface area (Å²) >= 11 is 0. The smallest absolute Gasteiger partial charge is 0.321 e. The lowest BCUT2D eigenvalue weighted by molar-refractivity contribution is -0.133. The molecule has 3 aliphatic rings. The molecule has 4 amide bonds. The van der Waals surface area contributed by atoms with Crippen LogP contribution in [0.4, 0.5) is 4.79 Å². The Kier molecular flexibility index (Phi) is 8.93. The molecule has 0 radical (unpaired) electrons. The number of imide groups is 1. The van der Waals surface area contributed by atoms with Crippen LogP contribution < -0.4 is 10.6 Å². The number of likely N-dealkylation sites (tertiary alicyclic amines) is 1. The van der Waals surface area contributed by atoms with Gasteiger partial charge in [0.2, 0.25) is 11.8 Å². The van der Waals surface area contributed by atoms with Gasteiger partial charge in [-0.05, 0) is 32.6 Å². The van der Waals surface area contributed by atoms with E-state index < -0.39 is 0 Å². The average Bonchev–Trinajstić information content (AvgIpc) is 3.04. The predicted molar refractivity (Wildman–Crippen MR) is 116 cm³/mol. The van der Waals surface area contributed by atoms with E-state index in [1.807, 2.05) is 11.8 Å². The molecule has 170 valence electrons. The highest BCUT2D eigenvalue weighted by molar-refractivity contribution is 5.96. The van der Waals surface area contributed by atoms with Crippen LogP contribution in [-0.2, 0) is 9.59 Å². The van der Waals surface area contributed by atoms with Crippen molar-refractivity contribution in [1.29, 1.82) is 0 Å². The zero-order valence-corrected chi connectivity index (χ0v) is 18.5. The Morgan fingerprint density at radius 3 is 2.07 bits per heavy atom.